The molecule has 1 N–H and O–H groups in total. The zero-order valence-electron chi connectivity index (χ0n) is 9.19. The van der Waals surface area contributed by atoms with Crippen LogP contribution < -0.4 is 0 Å². The first kappa shape index (κ1) is 11.0. The Kier molecular flexibility index (Phi) is 2.76. The normalized spacial score (nSPS) is 19.1. The summed E-state index contributed by atoms with van der Waals surface area (Å²) in [4.78, 5) is 4.48. The third-order valence-electron chi connectivity index (χ3n) is 3.02. The molecule has 17 heavy (non-hydrogen) atoms. The lowest BCUT2D eigenvalue weighted by Crippen LogP contribution is -2.17. The Labute approximate surface area is 108 Å². The summed E-state index contributed by atoms with van der Waals surface area (Å²) >= 11 is 3.49. The Morgan fingerprint density at radius 1 is 1.35 bits per heavy atom. The van der Waals surface area contributed by atoms with E-state index in [2.05, 4.69) is 20.9 Å². The summed E-state index contributed by atoms with van der Waals surface area (Å²) in [5, 5.41) is 9.60. The highest BCUT2D eigenvalue weighted by molar-refractivity contribution is 9.10. The lowest BCUT2D eigenvalue weighted by molar-refractivity contribution is 0.153. The first-order valence-corrected chi connectivity index (χ1v) is 6.45. The summed E-state index contributed by atoms with van der Waals surface area (Å²) in [6.45, 7) is 0. The maximum atomic E-state index is 9.60. The Hall–Kier alpha value is -1.13. The number of aliphatic hydroxyl groups is 1. The minimum atomic E-state index is -0.278. The van der Waals surface area contributed by atoms with Crippen LogP contribution in [0.1, 0.15) is 17.9 Å². The second kappa shape index (κ2) is 4.27. The molecule has 2 aromatic rings. The molecule has 1 aromatic heterocycles. The number of fused-ring (bicyclic) bond motifs is 1. The first-order chi connectivity index (χ1) is 8.24. The summed E-state index contributed by atoms with van der Waals surface area (Å²) in [5.41, 5.74) is 1.85. The molecule has 3 nitrogen and oxygen atoms in total. The Bertz CT molecular complexity index is 550. The van der Waals surface area contributed by atoms with Gasteiger partial charge in [0.2, 0.25) is 5.89 Å². The predicted octanol–water partition coefficient (Wildman–Crippen LogP) is 2.95. The van der Waals surface area contributed by atoms with E-state index in [9.17, 15) is 5.11 Å². The number of aromatic nitrogens is 1. The lowest BCUT2D eigenvalue weighted by atomic mass is 9.99. The van der Waals surface area contributed by atoms with Crippen LogP contribution in [0.25, 0.3) is 11.5 Å². The fourth-order valence-corrected chi connectivity index (χ4v) is 2.57. The molecule has 1 unspecified atom stereocenters. The molecule has 4 heteroatoms. The Morgan fingerprint density at radius 3 is 3.00 bits per heavy atom. The molecular weight excluding hydrogens is 282 g/mol. The molecule has 0 fully saturated rings. The molecule has 0 saturated carbocycles. The molecule has 3 rings (SSSR count). The van der Waals surface area contributed by atoms with Crippen LogP contribution in [-0.4, -0.2) is 16.2 Å². The number of aliphatic hydroxyl groups excluding tert-OH is 1. The maximum absolute atomic E-state index is 9.60. The van der Waals surface area contributed by atoms with E-state index in [-0.39, 0.29) is 6.10 Å². The van der Waals surface area contributed by atoms with Gasteiger partial charge in [-0.1, -0.05) is 12.1 Å². The lowest BCUT2D eigenvalue weighted by Gasteiger charge is -2.13. The van der Waals surface area contributed by atoms with Crippen LogP contribution in [0.3, 0.4) is 0 Å². The van der Waals surface area contributed by atoms with Gasteiger partial charge >= 0.3 is 0 Å². The van der Waals surface area contributed by atoms with Crippen LogP contribution in [0.15, 0.2) is 33.2 Å². The number of halogens is 1. The van der Waals surface area contributed by atoms with Gasteiger partial charge in [0.25, 0.3) is 0 Å². The molecular formula is C13H12BrNO2. The zero-order chi connectivity index (χ0) is 11.8. The summed E-state index contributed by atoms with van der Waals surface area (Å²) < 4.78 is 6.74. The third-order valence-corrected chi connectivity index (χ3v) is 3.71. The monoisotopic (exact) mass is 293 g/mol. The van der Waals surface area contributed by atoms with Crippen LogP contribution in [0, 0.1) is 0 Å². The van der Waals surface area contributed by atoms with Crippen LogP contribution in [0.2, 0.25) is 0 Å². The van der Waals surface area contributed by atoms with Gasteiger partial charge in [-0.05, 0) is 34.5 Å². The SMILES string of the molecule is OC1CCc2oc(-c3ccccc3Br)nc2C1. The van der Waals surface area contributed by atoms with E-state index in [0.717, 1.165) is 34.3 Å². The molecule has 1 aliphatic rings. The number of nitrogens with zero attached hydrogens (tertiary/aromatic N) is 1. The highest BCUT2D eigenvalue weighted by Crippen LogP contribution is 2.31. The largest absolute Gasteiger partial charge is 0.441 e. The molecule has 88 valence electrons. The fourth-order valence-electron chi connectivity index (χ4n) is 2.11. The zero-order valence-corrected chi connectivity index (χ0v) is 10.8. The quantitative estimate of drug-likeness (QED) is 0.879. The third kappa shape index (κ3) is 2.03. The van der Waals surface area contributed by atoms with Crippen molar-refractivity contribution < 1.29 is 9.52 Å². The summed E-state index contributed by atoms with van der Waals surface area (Å²) in [6, 6.07) is 7.85. The predicted molar refractivity (Wildman–Crippen MR) is 67.7 cm³/mol. The summed E-state index contributed by atoms with van der Waals surface area (Å²) in [7, 11) is 0. The highest BCUT2D eigenvalue weighted by atomic mass is 79.9. The Balaban J connectivity index is 2.03. The van der Waals surface area contributed by atoms with Gasteiger partial charge < -0.3 is 9.52 Å². The van der Waals surface area contributed by atoms with Crippen molar-refractivity contribution in [2.24, 2.45) is 0 Å². The van der Waals surface area contributed by atoms with Gasteiger partial charge in [-0.3, -0.25) is 0 Å². The van der Waals surface area contributed by atoms with Gasteiger partial charge in [-0.2, -0.15) is 0 Å². The highest BCUT2D eigenvalue weighted by Gasteiger charge is 2.23. The molecule has 1 aliphatic carbocycles. The van der Waals surface area contributed by atoms with Crippen molar-refractivity contribution in [2.45, 2.75) is 25.4 Å². The molecule has 0 saturated heterocycles. The fraction of sp³-hybridized carbons (Fsp3) is 0.308. The van der Waals surface area contributed by atoms with Crippen molar-refractivity contribution in [3.8, 4) is 11.5 Å². The van der Waals surface area contributed by atoms with E-state index in [4.69, 9.17) is 4.42 Å². The van der Waals surface area contributed by atoms with Crippen molar-refractivity contribution in [3.63, 3.8) is 0 Å². The standard InChI is InChI=1S/C13H12BrNO2/c14-10-4-2-1-3-9(10)13-15-11-7-8(16)5-6-12(11)17-13/h1-4,8,16H,5-7H2. The average Bonchev–Trinajstić information content (AvgIpc) is 2.72. The molecule has 0 bridgehead atoms. The molecule has 0 radical (unpaired) electrons. The number of hydrogen-bond acceptors (Lipinski definition) is 3. The first-order valence-electron chi connectivity index (χ1n) is 5.65. The van der Waals surface area contributed by atoms with Crippen molar-refractivity contribution >= 4 is 15.9 Å². The van der Waals surface area contributed by atoms with E-state index < -0.39 is 0 Å². The Morgan fingerprint density at radius 2 is 2.18 bits per heavy atom. The number of oxazole rings is 1. The second-order valence-electron chi connectivity index (χ2n) is 4.27. The van der Waals surface area contributed by atoms with E-state index >= 15 is 0 Å². The van der Waals surface area contributed by atoms with Crippen LogP contribution in [0.4, 0.5) is 0 Å². The molecule has 1 atom stereocenters. The van der Waals surface area contributed by atoms with Gasteiger partial charge in [0, 0.05) is 17.3 Å². The smallest absolute Gasteiger partial charge is 0.227 e. The van der Waals surface area contributed by atoms with E-state index in [1.54, 1.807) is 0 Å². The molecule has 0 spiro atoms. The van der Waals surface area contributed by atoms with E-state index in [0.29, 0.717) is 12.3 Å². The minimum Gasteiger partial charge on any atom is -0.441 e. The minimum absolute atomic E-state index is 0.278. The molecule has 0 amide bonds. The second-order valence-corrected chi connectivity index (χ2v) is 5.12. The topological polar surface area (TPSA) is 46.3 Å². The van der Waals surface area contributed by atoms with Gasteiger partial charge in [-0.15, -0.1) is 0 Å². The molecule has 1 heterocycles. The number of rotatable bonds is 1. The van der Waals surface area contributed by atoms with Crippen molar-refractivity contribution in [1.82, 2.24) is 4.98 Å². The van der Waals surface area contributed by atoms with Gasteiger partial charge in [0.1, 0.15) is 5.76 Å². The van der Waals surface area contributed by atoms with Crippen molar-refractivity contribution in [2.75, 3.05) is 0 Å². The van der Waals surface area contributed by atoms with Crippen LogP contribution in [0.5, 0.6) is 0 Å². The van der Waals surface area contributed by atoms with Gasteiger partial charge in [0.05, 0.1) is 17.4 Å². The van der Waals surface area contributed by atoms with Crippen LogP contribution in [-0.2, 0) is 12.8 Å². The van der Waals surface area contributed by atoms with E-state index in [1.807, 2.05) is 24.3 Å². The van der Waals surface area contributed by atoms with Crippen molar-refractivity contribution in [3.05, 3.63) is 40.2 Å². The number of aryl methyl sites for hydroxylation is 1. The van der Waals surface area contributed by atoms with Crippen molar-refractivity contribution in [1.29, 1.82) is 0 Å². The molecule has 0 aliphatic heterocycles. The summed E-state index contributed by atoms with van der Waals surface area (Å²) in [5.74, 6) is 1.55. The number of hydrogen-bond donors (Lipinski definition) is 1. The average molecular weight is 294 g/mol. The maximum Gasteiger partial charge on any atom is 0.227 e. The molecule has 1 aromatic carbocycles. The van der Waals surface area contributed by atoms with Crippen LogP contribution >= 0.6 is 15.9 Å². The van der Waals surface area contributed by atoms with Gasteiger partial charge in [-0.25, -0.2) is 4.98 Å². The summed E-state index contributed by atoms with van der Waals surface area (Å²) in [6.07, 6.45) is 1.86. The van der Waals surface area contributed by atoms with Gasteiger partial charge in [0.15, 0.2) is 0 Å². The number of benzene rings is 1. The van der Waals surface area contributed by atoms with E-state index in [1.165, 1.54) is 0 Å².